The van der Waals surface area contributed by atoms with Gasteiger partial charge in [-0.15, -0.1) is 0 Å². The van der Waals surface area contributed by atoms with Gasteiger partial charge in [0.05, 0.1) is 0 Å². The summed E-state index contributed by atoms with van der Waals surface area (Å²) in [6, 6.07) is 12.0. The number of aryl methyl sites for hydroxylation is 1. The van der Waals surface area contributed by atoms with Crippen LogP contribution in [0.25, 0.3) is 0 Å². The minimum Gasteiger partial charge on any atom is -0.384 e. The number of anilines is 2. The van der Waals surface area contributed by atoms with Crippen molar-refractivity contribution in [2.45, 2.75) is 6.92 Å². The molecule has 0 bridgehead atoms. The molecule has 19 heavy (non-hydrogen) atoms. The number of hydrogen-bond acceptors (Lipinski definition) is 2. The van der Waals surface area contributed by atoms with E-state index in [1.165, 1.54) is 12.1 Å². The Balaban J connectivity index is 2.37. The summed E-state index contributed by atoms with van der Waals surface area (Å²) in [4.78, 5) is 1.89. The SMILES string of the molecule is Cc1cc(N(C)c2cccc(F)c2)ccc1C(=N)N. The van der Waals surface area contributed by atoms with Gasteiger partial charge in [0.1, 0.15) is 11.7 Å². The molecule has 0 aromatic heterocycles. The van der Waals surface area contributed by atoms with Crippen LogP contribution in [0.1, 0.15) is 11.1 Å². The van der Waals surface area contributed by atoms with E-state index in [9.17, 15) is 4.39 Å². The van der Waals surface area contributed by atoms with Gasteiger partial charge >= 0.3 is 0 Å². The van der Waals surface area contributed by atoms with Crippen molar-refractivity contribution in [2.75, 3.05) is 11.9 Å². The molecule has 2 aromatic carbocycles. The maximum atomic E-state index is 13.2. The predicted molar refractivity (Wildman–Crippen MR) is 76.7 cm³/mol. The lowest BCUT2D eigenvalue weighted by Crippen LogP contribution is -2.14. The molecule has 2 rings (SSSR count). The van der Waals surface area contributed by atoms with Crippen LogP contribution in [0.5, 0.6) is 0 Å². The molecule has 4 heteroatoms. The van der Waals surface area contributed by atoms with Crippen LogP contribution < -0.4 is 10.6 Å². The molecule has 0 amide bonds. The van der Waals surface area contributed by atoms with Crippen molar-refractivity contribution in [1.82, 2.24) is 0 Å². The van der Waals surface area contributed by atoms with Gasteiger partial charge in [0.2, 0.25) is 0 Å². The van der Waals surface area contributed by atoms with Gasteiger partial charge in [-0.3, -0.25) is 5.41 Å². The molecule has 0 saturated carbocycles. The highest BCUT2D eigenvalue weighted by molar-refractivity contribution is 5.96. The van der Waals surface area contributed by atoms with Gasteiger partial charge in [0, 0.05) is 24.0 Å². The highest BCUT2D eigenvalue weighted by Crippen LogP contribution is 2.25. The molecular formula is C15H16FN3. The van der Waals surface area contributed by atoms with E-state index in [0.29, 0.717) is 0 Å². The third-order valence-electron chi connectivity index (χ3n) is 3.08. The molecule has 0 radical (unpaired) electrons. The fourth-order valence-electron chi connectivity index (χ4n) is 1.99. The molecule has 0 aliphatic heterocycles. The fraction of sp³-hybridized carbons (Fsp3) is 0.133. The van der Waals surface area contributed by atoms with E-state index in [1.54, 1.807) is 6.07 Å². The first-order chi connectivity index (χ1) is 8.99. The van der Waals surface area contributed by atoms with Gasteiger partial charge in [0.15, 0.2) is 0 Å². The van der Waals surface area contributed by atoms with Crippen LogP contribution in [0.15, 0.2) is 42.5 Å². The molecular weight excluding hydrogens is 241 g/mol. The van der Waals surface area contributed by atoms with Gasteiger partial charge < -0.3 is 10.6 Å². The first kappa shape index (κ1) is 13.1. The van der Waals surface area contributed by atoms with Gasteiger partial charge in [-0.1, -0.05) is 6.07 Å². The average molecular weight is 257 g/mol. The lowest BCUT2D eigenvalue weighted by molar-refractivity contribution is 0.628. The Hall–Kier alpha value is -2.36. The van der Waals surface area contributed by atoms with Crippen LogP contribution in [0.2, 0.25) is 0 Å². The van der Waals surface area contributed by atoms with E-state index in [2.05, 4.69) is 0 Å². The third-order valence-corrected chi connectivity index (χ3v) is 3.08. The van der Waals surface area contributed by atoms with Crippen LogP contribution in [0, 0.1) is 18.2 Å². The molecule has 0 fully saturated rings. The zero-order valence-electron chi connectivity index (χ0n) is 10.9. The summed E-state index contributed by atoms with van der Waals surface area (Å²) < 4.78 is 13.2. The van der Waals surface area contributed by atoms with Crippen LogP contribution >= 0.6 is 0 Å². The molecule has 0 saturated heterocycles. The Bertz CT molecular complexity index is 623. The van der Waals surface area contributed by atoms with Gasteiger partial charge in [-0.25, -0.2) is 4.39 Å². The van der Waals surface area contributed by atoms with Gasteiger partial charge in [0.25, 0.3) is 0 Å². The molecule has 2 aromatic rings. The summed E-state index contributed by atoms with van der Waals surface area (Å²) in [6.45, 7) is 1.90. The lowest BCUT2D eigenvalue weighted by atomic mass is 10.1. The van der Waals surface area contributed by atoms with Gasteiger partial charge in [-0.05, 0) is 48.9 Å². The number of hydrogen-bond donors (Lipinski definition) is 2. The van der Waals surface area contributed by atoms with Gasteiger partial charge in [-0.2, -0.15) is 0 Å². The maximum absolute atomic E-state index is 13.2. The van der Waals surface area contributed by atoms with E-state index in [4.69, 9.17) is 11.1 Å². The Kier molecular flexibility index (Phi) is 3.51. The normalized spacial score (nSPS) is 10.3. The van der Waals surface area contributed by atoms with Crippen LogP contribution in [0.4, 0.5) is 15.8 Å². The number of benzene rings is 2. The smallest absolute Gasteiger partial charge is 0.125 e. The Morgan fingerprint density at radius 1 is 1.16 bits per heavy atom. The quantitative estimate of drug-likeness (QED) is 0.655. The molecule has 3 N–H and O–H groups in total. The molecule has 0 spiro atoms. The van der Waals surface area contributed by atoms with E-state index in [1.807, 2.05) is 43.1 Å². The monoisotopic (exact) mass is 257 g/mol. The van der Waals surface area contributed by atoms with Crippen molar-refractivity contribution in [3.63, 3.8) is 0 Å². The average Bonchev–Trinajstić information content (AvgIpc) is 2.37. The largest absolute Gasteiger partial charge is 0.384 e. The van der Waals surface area contributed by atoms with Crippen molar-refractivity contribution in [3.8, 4) is 0 Å². The molecule has 0 heterocycles. The first-order valence-electron chi connectivity index (χ1n) is 5.93. The molecule has 0 aliphatic rings. The number of amidine groups is 1. The third kappa shape index (κ3) is 2.73. The number of rotatable bonds is 3. The molecule has 3 nitrogen and oxygen atoms in total. The Morgan fingerprint density at radius 2 is 1.84 bits per heavy atom. The Morgan fingerprint density at radius 3 is 2.42 bits per heavy atom. The second kappa shape index (κ2) is 5.10. The van der Waals surface area contributed by atoms with E-state index >= 15 is 0 Å². The minimum absolute atomic E-state index is 0.0532. The number of nitrogen functional groups attached to an aromatic ring is 1. The van der Waals surface area contributed by atoms with Crippen LogP contribution in [-0.2, 0) is 0 Å². The van der Waals surface area contributed by atoms with E-state index in [0.717, 1.165) is 22.5 Å². The number of nitrogens with two attached hydrogens (primary N) is 1. The second-order valence-electron chi connectivity index (χ2n) is 4.45. The summed E-state index contributed by atoms with van der Waals surface area (Å²) in [5.74, 6) is -0.209. The summed E-state index contributed by atoms with van der Waals surface area (Å²) in [5.41, 5.74) is 8.83. The summed E-state index contributed by atoms with van der Waals surface area (Å²) in [6.07, 6.45) is 0. The Labute approximate surface area is 112 Å². The predicted octanol–water partition coefficient (Wildman–Crippen LogP) is 3.19. The molecule has 0 atom stereocenters. The summed E-state index contributed by atoms with van der Waals surface area (Å²) >= 11 is 0. The molecule has 98 valence electrons. The van der Waals surface area contributed by atoms with Crippen LogP contribution in [-0.4, -0.2) is 12.9 Å². The number of nitrogens with one attached hydrogen (secondary N) is 1. The van der Waals surface area contributed by atoms with Crippen LogP contribution in [0.3, 0.4) is 0 Å². The first-order valence-corrected chi connectivity index (χ1v) is 5.93. The second-order valence-corrected chi connectivity index (χ2v) is 4.45. The standard InChI is InChI=1S/C15H16FN3/c1-10-8-13(6-7-14(10)15(17)18)19(2)12-5-3-4-11(16)9-12/h3-9H,1-2H3,(H3,17,18). The zero-order chi connectivity index (χ0) is 14.0. The number of halogens is 1. The van der Waals surface area contributed by atoms with E-state index in [-0.39, 0.29) is 11.7 Å². The van der Waals surface area contributed by atoms with Crippen molar-refractivity contribution >= 4 is 17.2 Å². The maximum Gasteiger partial charge on any atom is 0.125 e. The minimum atomic E-state index is -0.263. The topological polar surface area (TPSA) is 53.1 Å². The van der Waals surface area contributed by atoms with Crippen molar-refractivity contribution in [2.24, 2.45) is 5.73 Å². The molecule has 0 aliphatic carbocycles. The van der Waals surface area contributed by atoms with Crippen molar-refractivity contribution < 1.29 is 4.39 Å². The summed E-state index contributed by atoms with van der Waals surface area (Å²) in [5, 5.41) is 7.46. The fourth-order valence-corrected chi connectivity index (χ4v) is 1.99. The van der Waals surface area contributed by atoms with Crippen molar-refractivity contribution in [1.29, 1.82) is 5.41 Å². The lowest BCUT2D eigenvalue weighted by Gasteiger charge is -2.20. The van der Waals surface area contributed by atoms with E-state index < -0.39 is 0 Å². The summed E-state index contributed by atoms with van der Waals surface area (Å²) in [7, 11) is 1.87. The molecule has 0 unspecified atom stereocenters. The van der Waals surface area contributed by atoms with Crippen molar-refractivity contribution in [3.05, 3.63) is 59.4 Å². The highest BCUT2D eigenvalue weighted by atomic mass is 19.1. The number of nitrogens with zero attached hydrogens (tertiary/aromatic N) is 1. The highest BCUT2D eigenvalue weighted by Gasteiger charge is 2.08. The zero-order valence-corrected chi connectivity index (χ0v) is 10.9.